The average Bonchev–Trinajstić information content (AvgIpc) is 3.12. The lowest BCUT2D eigenvalue weighted by molar-refractivity contribution is 1.17. The van der Waals surface area contributed by atoms with Crippen molar-refractivity contribution in [2.75, 3.05) is 0 Å². The van der Waals surface area contributed by atoms with Gasteiger partial charge in [-0.1, -0.05) is 42.5 Å². The number of fused-ring (bicyclic) bond motifs is 6. The quantitative estimate of drug-likeness (QED) is 0.437. The van der Waals surface area contributed by atoms with Crippen LogP contribution in [-0.4, -0.2) is 19.4 Å². The number of hydrogen-bond donors (Lipinski definition) is 0. The van der Waals surface area contributed by atoms with Crippen LogP contribution >= 0.6 is 0 Å². The van der Waals surface area contributed by atoms with Crippen LogP contribution in [0.15, 0.2) is 73.6 Å². The first-order valence-electron chi connectivity index (χ1n) is 7.45. The molecule has 0 radical (unpaired) electrons. The number of rotatable bonds is 1. The Bertz CT molecular complexity index is 1160. The van der Waals surface area contributed by atoms with E-state index in [1.807, 2.05) is 24.8 Å². The highest BCUT2D eigenvalue weighted by Crippen LogP contribution is 2.34. The molecule has 3 heterocycles. The summed E-state index contributed by atoms with van der Waals surface area (Å²) in [6.07, 6.45) is 9.10. The molecule has 23 heavy (non-hydrogen) atoms. The Hall–Kier alpha value is -3.27. The van der Waals surface area contributed by atoms with Crippen molar-refractivity contribution in [2.45, 2.75) is 0 Å². The van der Waals surface area contributed by atoms with E-state index in [-0.39, 0.29) is 0 Å². The molecule has 2 aromatic carbocycles. The third kappa shape index (κ3) is 1.69. The number of pyridine rings is 1. The number of aromatic nitrogens is 4. The lowest BCUT2D eigenvalue weighted by Gasteiger charge is -2.12. The predicted octanol–water partition coefficient (Wildman–Crippen LogP) is 4.10. The summed E-state index contributed by atoms with van der Waals surface area (Å²) in [6.45, 7) is 0. The molecule has 4 nitrogen and oxygen atoms in total. The summed E-state index contributed by atoms with van der Waals surface area (Å²) in [6, 6.07) is 14.7. The second-order valence-corrected chi connectivity index (χ2v) is 5.50. The van der Waals surface area contributed by atoms with Gasteiger partial charge < -0.3 is 0 Å². The Morgan fingerprint density at radius 3 is 2.43 bits per heavy atom. The average molecular weight is 296 g/mol. The fourth-order valence-corrected chi connectivity index (χ4v) is 3.29. The predicted molar refractivity (Wildman–Crippen MR) is 91.2 cm³/mol. The molecule has 0 aliphatic carbocycles. The van der Waals surface area contributed by atoms with Crippen LogP contribution in [0.5, 0.6) is 0 Å². The second kappa shape index (κ2) is 4.61. The van der Waals surface area contributed by atoms with Gasteiger partial charge >= 0.3 is 0 Å². The van der Waals surface area contributed by atoms with Crippen LogP contribution in [-0.2, 0) is 0 Å². The summed E-state index contributed by atoms with van der Waals surface area (Å²) >= 11 is 0. The van der Waals surface area contributed by atoms with Crippen molar-refractivity contribution in [1.29, 1.82) is 0 Å². The van der Waals surface area contributed by atoms with Crippen molar-refractivity contribution in [3.8, 4) is 11.1 Å². The van der Waals surface area contributed by atoms with Crippen molar-refractivity contribution in [3.63, 3.8) is 0 Å². The van der Waals surface area contributed by atoms with E-state index in [4.69, 9.17) is 0 Å². The van der Waals surface area contributed by atoms with Crippen LogP contribution in [0, 0.1) is 0 Å². The summed E-state index contributed by atoms with van der Waals surface area (Å²) in [5.41, 5.74) is 4.21. The van der Waals surface area contributed by atoms with Gasteiger partial charge in [-0.3, -0.25) is 4.40 Å². The van der Waals surface area contributed by atoms with Crippen LogP contribution < -0.4 is 0 Å². The molecule has 0 bridgehead atoms. The Morgan fingerprint density at radius 2 is 1.57 bits per heavy atom. The summed E-state index contributed by atoms with van der Waals surface area (Å²) in [7, 11) is 0. The first kappa shape index (κ1) is 12.3. The molecule has 0 atom stereocenters. The zero-order valence-corrected chi connectivity index (χ0v) is 12.2. The van der Waals surface area contributed by atoms with Crippen molar-refractivity contribution >= 4 is 27.3 Å². The van der Waals surface area contributed by atoms with E-state index in [1.165, 1.54) is 10.8 Å². The van der Waals surface area contributed by atoms with Gasteiger partial charge in [-0.05, 0) is 5.39 Å². The zero-order valence-electron chi connectivity index (χ0n) is 12.2. The molecule has 0 aliphatic heterocycles. The Labute approximate surface area is 132 Å². The van der Waals surface area contributed by atoms with Crippen LogP contribution in [0.25, 0.3) is 38.4 Å². The number of para-hydroxylation sites is 1. The molecule has 0 N–H and O–H groups in total. The molecule has 4 heteroatoms. The standard InChI is InChI=1S/C19H12N4/c1-2-5-17-15(4-1)16-7-3-6-14(13-10-20-12-21-11-13)18(16)23-9-8-22-19(17)23/h1-12H. The summed E-state index contributed by atoms with van der Waals surface area (Å²) in [4.78, 5) is 12.9. The maximum absolute atomic E-state index is 4.56. The molecular weight excluding hydrogens is 284 g/mol. The minimum absolute atomic E-state index is 0.970. The van der Waals surface area contributed by atoms with E-state index in [1.54, 1.807) is 6.33 Å². The molecule has 0 aliphatic rings. The molecule has 0 fully saturated rings. The van der Waals surface area contributed by atoms with Gasteiger partial charge in [0.25, 0.3) is 0 Å². The maximum Gasteiger partial charge on any atom is 0.145 e. The number of benzene rings is 2. The Balaban J connectivity index is 2.07. The lowest BCUT2D eigenvalue weighted by Crippen LogP contribution is -1.94. The van der Waals surface area contributed by atoms with Crippen molar-refractivity contribution < 1.29 is 0 Å². The van der Waals surface area contributed by atoms with E-state index < -0.39 is 0 Å². The molecule has 0 spiro atoms. The molecule has 3 aromatic heterocycles. The van der Waals surface area contributed by atoms with Gasteiger partial charge in [0, 0.05) is 46.7 Å². The van der Waals surface area contributed by atoms with Gasteiger partial charge in [-0.2, -0.15) is 0 Å². The fourth-order valence-electron chi connectivity index (χ4n) is 3.29. The number of hydrogen-bond acceptors (Lipinski definition) is 3. The zero-order chi connectivity index (χ0) is 15.2. The van der Waals surface area contributed by atoms with E-state index in [2.05, 4.69) is 61.8 Å². The number of nitrogens with zero attached hydrogens (tertiary/aromatic N) is 4. The molecule has 5 rings (SSSR count). The minimum atomic E-state index is 0.970. The van der Waals surface area contributed by atoms with Gasteiger partial charge in [-0.25, -0.2) is 15.0 Å². The van der Waals surface area contributed by atoms with Gasteiger partial charge in [0.1, 0.15) is 12.0 Å². The fraction of sp³-hybridized carbons (Fsp3) is 0. The van der Waals surface area contributed by atoms with E-state index in [0.717, 1.165) is 27.7 Å². The largest absolute Gasteiger partial charge is 0.299 e. The second-order valence-electron chi connectivity index (χ2n) is 5.50. The molecule has 0 unspecified atom stereocenters. The highest BCUT2D eigenvalue weighted by Gasteiger charge is 2.13. The first-order valence-corrected chi connectivity index (χ1v) is 7.45. The molecule has 0 saturated heterocycles. The minimum Gasteiger partial charge on any atom is -0.299 e. The smallest absolute Gasteiger partial charge is 0.145 e. The van der Waals surface area contributed by atoms with Crippen molar-refractivity contribution in [3.05, 3.63) is 73.6 Å². The summed E-state index contributed by atoms with van der Waals surface area (Å²) in [5, 5.41) is 3.57. The lowest BCUT2D eigenvalue weighted by atomic mass is 10.00. The van der Waals surface area contributed by atoms with Crippen molar-refractivity contribution in [2.24, 2.45) is 0 Å². The third-order valence-corrected chi connectivity index (χ3v) is 4.25. The third-order valence-electron chi connectivity index (χ3n) is 4.25. The number of imidazole rings is 1. The molecule has 0 saturated carbocycles. The van der Waals surface area contributed by atoms with Crippen LogP contribution in [0.4, 0.5) is 0 Å². The van der Waals surface area contributed by atoms with Crippen molar-refractivity contribution in [1.82, 2.24) is 19.4 Å². The van der Waals surface area contributed by atoms with Gasteiger partial charge in [-0.15, -0.1) is 0 Å². The van der Waals surface area contributed by atoms with Gasteiger partial charge in [0.2, 0.25) is 0 Å². The SMILES string of the molecule is c1ccc2c(c1)c1cccc(-c3cncnc3)c1n1ccnc21. The van der Waals surface area contributed by atoms with Crippen LogP contribution in [0.3, 0.4) is 0 Å². The summed E-state index contributed by atoms with van der Waals surface area (Å²) < 4.78 is 2.15. The Morgan fingerprint density at radius 1 is 0.783 bits per heavy atom. The van der Waals surface area contributed by atoms with Crippen LogP contribution in [0.1, 0.15) is 0 Å². The van der Waals surface area contributed by atoms with E-state index in [9.17, 15) is 0 Å². The summed E-state index contributed by atoms with van der Waals surface area (Å²) in [5.74, 6) is 0. The van der Waals surface area contributed by atoms with Crippen LogP contribution in [0.2, 0.25) is 0 Å². The van der Waals surface area contributed by atoms with Gasteiger partial charge in [0.05, 0.1) is 5.52 Å². The maximum atomic E-state index is 4.56. The molecule has 0 amide bonds. The highest BCUT2D eigenvalue weighted by molar-refractivity contribution is 6.14. The monoisotopic (exact) mass is 296 g/mol. The highest BCUT2D eigenvalue weighted by atomic mass is 15.0. The Kier molecular flexibility index (Phi) is 2.46. The normalized spacial score (nSPS) is 11.5. The molecule has 5 aromatic rings. The van der Waals surface area contributed by atoms with E-state index in [0.29, 0.717) is 0 Å². The van der Waals surface area contributed by atoms with Gasteiger partial charge in [0.15, 0.2) is 0 Å². The topological polar surface area (TPSA) is 43.1 Å². The molecule has 108 valence electrons. The van der Waals surface area contributed by atoms with E-state index >= 15 is 0 Å². The molecular formula is C19H12N4. The first-order chi connectivity index (χ1) is 11.4.